The Bertz CT molecular complexity index is 560. The molecule has 1 aromatic carbocycles. The van der Waals surface area contributed by atoms with Crippen LogP contribution in [0.2, 0.25) is 0 Å². The summed E-state index contributed by atoms with van der Waals surface area (Å²) in [6, 6.07) is 4.88. The molecule has 0 aromatic heterocycles. The van der Waals surface area contributed by atoms with Crippen LogP contribution in [0.4, 0.5) is 17.6 Å². The van der Waals surface area contributed by atoms with Crippen LogP contribution < -0.4 is 5.32 Å². The Morgan fingerprint density at radius 1 is 1.33 bits per heavy atom. The summed E-state index contributed by atoms with van der Waals surface area (Å²) in [4.78, 5) is 22.4. The van der Waals surface area contributed by atoms with Crippen LogP contribution in [0.5, 0.6) is 0 Å². The minimum absolute atomic E-state index is 0.0250. The molecule has 0 saturated carbocycles. The van der Waals surface area contributed by atoms with Gasteiger partial charge in [-0.2, -0.15) is 13.2 Å². The van der Waals surface area contributed by atoms with Gasteiger partial charge in [-0.1, -0.05) is 12.1 Å². The normalized spacial score (nSPS) is 20.3. The topological polar surface area (TPSA) is 49.4 Å². The van der Waals surface area contributed by atoms with Gasteiger partial charge in [0.05, 0.1) is 11.6 Å². The predicted octanol–water partition coefficient (Wildman–Crippen LogP) is 1.67. The molecule has 2 aliphatic heterocycles. The first-order valence-electron chi connectivity index (χ1n) is 6.18. The number of aldehydes is 1. The lowest BCUT2D eigenvalue weighted by Crippen LogP contribution is -2.44. The summed E-state index contributed by atoms with van der Waals surface area (Å²) in [5.74, 6) is -0.554. The lowest BCUT2D eigenvalue weighted by Gasteiger charge is -2.30. The Morgan fingerprint density at radius 2 is 2.00 bits per heavy atom. The number of carbonyl (C=O) groups excluding carboxylic acids is 2. The van der Waals surface area contributed by atoms with Gasteiger partial charge in [-0.25, -0.2) is 4.39 Å². The molecule has 1 amide bonds. The zero-order chi connectivity index (χ0) is 15.6. The second-order valence-electron chi connectivity index (χ2n) is 4.58. The summed E-state index contributed by atoms with van der Waals surface area (Å²) in [7, 11) is 0. The monoisotopic (exact) mass is 304 g/mol. The number of benzene rings is 1. The molecule has 21 heavy (non-hydrogen) atoms. The third kappa shape index (κ3) is 3.21. The molecule has 1 N–H and O–H groups in total. The van der Waals surface area contributed by atoms with Crippen LogP contribution in [-0.4, -0.2) is 42.9 Å². The molecule has 1 aromatic rings. The number of nitrogens with one attached hydrogen (secondary N) is 1. The van der Waals surface area contributed by atoms with Crippen LogP contribution in [0, 0.1) is 5.82 Å². The van der Waals surface area contributed by atoms with E-state index in [0.717, 1.165) is 18.7 Å². The van der Waals surface area contributed by atoms with E-state index >= 15 is 0 Å². The number of carbonyl (C=O) groups is 2. The SMILES string of the molecule is O=C1c2c(F)cccc2C2CNCCN12.O=CC(F)(F)F. The first-order valence-corrected chi connectivity index (χ1v) is 6.18. The van der Waals surface area contributed by atoms with Crippen molar-refractivity contribution in [1.29, 1.82) is 0 Å². The molecule has 0 spiro atoms. The molecule has 1 atom stereocenters. The van der Waals surface area contributed by atoms with E-state index in [9.17, 15) is 22.4 Å². The van der Waals surface area contributed by atoms with Crippen molar-refractivity contribution in [2.45, 2.75) is 12.2 Å². The number of hydrogen-bond acceptors (Lipinski definition) is 3. The standard InChI is InChI=1S/C11H11FN2O.C2HF3O/c12-8-3-1-2-7-9-6-13-4-5-14(9)11(15)10(7)8;3-2(4,5)1-6/h1-3,9,13H,4-6H2;1H. The Balaban J connectivity index is 0.000000232. The highest BCUT2D eigenvalue weighted by molar-refractivity contribution is 5.99. The van der Waals surface area contributed by atoms with E-state index in [2.05, 4.69) is 5.32 Å². The number of hydrogen-bond donors (Lipinski definition) is 1. The smallest absolute Gasteiger partial charge is 0.329 e. The number of fused-ring (bicyclic) bond motifs is 3. The summed E-state index contributed by atoms with van der Waals surface area (Å²) in [5, 5.41) is 3.22. The minimum atomic E-state index is -4.64. The molecule has 0 radical (unpaired) electrons. The molecule has 3 rings (SSSR count). The largest absolute Gasteiger partial charge is 0.446 e. The van der Waals surface area contributed by atoms with Crippen LogP contribution in [0.15, 0.2) is 18.2 Å². The molecule has 1 unspecified atom stereocenters. The molecule has 1 fully saturated rings. The fourth-order valence-electron chi connectivity index (χ4n) is 2.41. The number of alkyl halides is 3. The molecule has 114 valence electrons. The molecule has 0 aliphatic carbocycles. The maximum atomic E-state index is 13.5. The second kappa shape index (κ2) is 5.80. The van der Waals surface area contributed by atoms with E-state index in [1.54, 1.807) is 11.0 Å². The number of rotatable bonds is 0. The zero-order valence-corrected chi connectivity index (χ0v) is 10.8. The van der Waals surface area contributed by atoms with Gasteiger partial charge in [0, 0.05) is 19.6 Å². The van der Waals surface area contributed by atoms with E-state index in [-0.39, 0.29) is 17.5 Å². The van der Waals surface area contributed by atoms with E-state index in [4.69, 9.17) is 4.79 Å². The van der Waals surface area contributed by atoms with Crippen molar-refractivity contribution in [2.75, 3.05) is 19.6 Å². The summed E-state index contributed by atoms with van der Waals surface area (Å²) in [6.45, 7) is 2.18. The first kappa shape index (κ1) is 15.4. The average Bonchev–Trinajstić information content (AvgIpc) is 2.74. The quantitative estimate of drug-likeness (QED) is 0.586. The van der Waals surface area contributed by atoms with Gasteiger partial charge in [-0.05, 0) is 11.6 Å². The first-order chi connectivity index (χ1) is 9.85. The van der Waals surface area contributed by atoms with Crippen molar-refractivity contribution >= 4 is 12.2 Å². The maximum Gasteiger partial charge on any atom is 0.446 e. The summed E-state index contributed by atoms with van der Waals surface area (Å²) in [5.41, 5.74) is 1.10. The number of piperazine rings is 1. The van der Waals surface area contributed by atoms with Gasteiger partial charge < -0.3 is 10.2 Å². The van der Waals surface area contributed by atoms with Crippen molar-refractivity contribution in [3.63, 3.8) is 0 Å². The van der Waals surface area contributed by atoms with Crippen molar-refractivity contribution in [2.24, 2.45) is 0 Å². The van der Waals surface area contributed by atoms with Crippen LogP contribution >= 0.6 is 0 Å². The number of halogens is 4. The van der Waals surface area contributed by atoms with Crippen molar-refractivity contribution in [3.05, 3.63) is 35.1 Å². The highest BCUT2D eigenvalue weighted by atomic mass is 19.4. The lowest BCUT2D eigenvalue weighted by atomic mass is 10.0. The summed E-state index contributed by atoms with van der Waals surface area (Å²) >= 11 is 0. The predicted molar refractivity (Wildman–Crippen MR) is 65.2 cm³/mol. The van der Waals surface area contributed by atoms with Gasteiger partial charge in [0.1, 0.15) is 5.82 Å². The van der Waals surface area contributed by atoms with Crippen molar-refractivity contribution < 1.29 is 27.2 Å². The fourth-order valence-corrected chi connectivity index (χ4v) is 2.41. The summed E-state index contributed by atoms with van der Waals surface area (Å²) < 4.78 is 44.8. The molecule has 4 nitrogen and oxygen atoms in total. The van der Waals surface area contributed by atoms with Crippen LogP contribution in [0.3, 0.4) is 0 Å². The van der Waals surface area contributed by atoms with Gasteiger partial charge in [0.15, 0.2) is 0 Å². The highest BCUT2D eigenvalue weighted by Crippen LogP contribution is 2.35. The van der Waals surface area contributed by atoms with E-state index in [1.807, 2.05) is 6.07 Å². The van der Waals surface area contributed by atoms with Crippen molar-refractivity contribution in [3.8, 4) is 0 Å². The Labute approximate surface area is 117 Å². The Morgan fingerprint density at radius 3 is 2.62 bits per heavy atom. The maximum absolute atomic E-state index is 13.5. The highest BCUT2D eigenvalue weighted by Gasteiger charge is 2.39. The van der Waals surface area contributed by atoms with Crippen molar-refractivity contribution in [1.82, 2.24) is 10.2 Å². The van der Waals surface area contributed by atoms with Gasteiger partial charge >= 0.3 is 6.18 Å². The van der Waals surface area contributed by atoms with Gasteiger partial charge in [-0.3, -0.25) is 9.59 Å². The molecule has 1 saturated heterocycles. The molecular formula is C13H12F4N2O2. The molecule has 2 aliphatic rings. The van der Waals surface area contributed by atoms with Crippen LogP contribution in [-0.2, 0) is 4.79 Å². The third-order valence-corrected chi connectivity index (χ3v) is 3.26. The van der Waals surface area contributed by atoms with E-state index in [0.29, 0.717) is 6.54 Å². The Hall–Kier alpha value is -1.96. The second-order valence-corrected chi connectivity index (χ2v) is 4.58. The summed E-state index contributed by atoms with van der Waals surface area (Å²) in [6.07, 6.45) is -5.70. The van der Waals surface area contributed by atoms with Gasteiger partial charge in [0.25, 0.3) is 5.91 Å². The number of nitrogens with zero attached hydrogens (tertiary/aromatic N) is 1. The minimum Gasteiger partial charge on any atom is -0.329 e. The van der Waals surface area contributed by atoms with E-state index < -0.39 is 18.3 Å². The average molecular weight is 304 g/mol. The number of amides is 1. The van der Waals surface area contributed by atoms with Crippen LogP contribution in [0.25, 0.3) is 0 Å². The Kier molecular flexibility index (Phi) is 4.26. The van der Waals surface area contributed by atoms with Crippen LogP contribution in [0.1, 0.15) is 22.0 Å². The molecule has 2 heterocycles. The molecule has 0 bridgehead atoms. The fraction of sp³-hybridized carbons (Fsp3) is 0.385. The third-order valence-electron chi connectivity index (χ3n) is 3.26. The van der Waals surface area contributed by atoms with Gasteiger partial charge in [-0.15, -0.1) is 0 Å². The zero-order valence-electron chi connectivity index (χ0n) is 10.8. The lowest BCUT2D eigenvalue weighted by molar-refractivity contribution is -0.156. The van der Waals surface area contributed by atoms with Gasteiger partial charge in [0.2, 0.25) is 6.29 Å². The molecule has 8 heteroatoms. The molecular weight excluding hydrogens is 292 g/mol. The van der Waals surface area contributed by atoms with E-state index in [1.165, 1.54) is 6.07 Å².